The number of aryl methyl sites for hydroxylation is 1. The fourth-order valence-electron chi connectivity index (χ4n) is 5.37. The van der Waals surface area contributed by atoms with Crippen LogP contribution in [0.4, 0.5) is 23.7 Å². The number of carbonyl (C=O) groups excluding carboxylic acids is 3. The van der Waals surface area contributed by atoms with E-state index in [1.807, 2.05) is 19.1 Å². The van der Waals surface area contributed by atoms with E-state index < -0.39 is 18.4 Å². The van der Waals surface area contributed by atoms with E-state index in [-0.39, 0.29) is 23.7 Å². The summed E-state index contributed by atoms with van der Waals surface area (Å²) in [4.78, 5) is 39.2. The summed E-state index contributed by atoms with van der Waals surface area (Å²) in [6.07, 6.45) is -0.179. The molecule has 3 amide bonds. The molecule has 2 aliphatic rings. The number of likely N-dealkylation sites (tertiary alicyclic amines) is 1. The topological polar surface area (TPSA) is 97.0 Å². The van der Waals surface area contributed by atoms with Crippen molar-refractivity contribution in [2.45, 2.75) is 69.8 Å². The fraction of sp³-hybridized carbons (Fsp3) is 0.464. The Bertz CT molecular complexity index is 1190. The van der Waals surface area contributed by atoms with E-state index in [1.54, 1.807) is 6.07 Å². The molecule has 8 nitrogen and oxygen atoms in total. The first kappa shape index (κ1) is 28.3. The van der Waals surface area contributed by atoms with Gasteiger partial charge in [-0.1, -0.05) is 12.1 Å². The molecule has 1 aliphatic heterocycles. The predicted octanol–water partition coefficient (Wildman–Crippen LogP) is 5.52. The molecule has 2 fully saturated rings. The van der Waals surface area contributed by atoms with Crippen molar-refractivity contribution in [3.05, 3.63) is 59.2 Å². The van der Waals surface area contributed by atoms with Gasteiger partial charge in [0.1, 0.15) is 11.8 Å². The van der Waals surface area contributed by atoms with E-state index >= 15 is 0 Å². The van der Waals surface area contributed by atoms with Gasteiger partial charge < -0.3 is 25.0 Å². The number of hydrogen-bond acceptors (Lipinski definition) is 5. The Morgan fingerprint density at radius 3 is 2.28 bits per heavy atom. The number of alkyl halides is 3. The number of esters is 1. The summed E-state index contributed by atoms with van der Waals surface area (Å²) in [5.74, 6) is -0.598. The number of urea groups is 1. The monoisotopic (exact) mass is 547 g/mol. The van der Waals surface area contributed by atoms with Crippen molar-refractivity contribution in [1.82, 2.24) is 10.2 Å². The summed E-state index contributed by atoms with van der Waals surface area (Å²) in [5.41, 5.74) is 2.90. The fourth-order valence-corrected chi connectivity index (χ4v) is 5.37. The predicted molar refractivity (Wildman–Crippen MR) is 138 cm³/mol. The van der Waals surface area contributed by atoms with Gasteiger partial charge in [-0.2, -0.15) is 0 Å². The largest absolute Gasteiger partial charge is 0.573 e. The van der Waals surface area contributed by atoms with E-state index in [0.29, 0.717) is 36.6 Å². The molecule has 4 rings (SSSR count). The van der Waals surface area contributed by atoms with E-state index in [2.05, 4.69) is 15.4 Å². The van der Waals surface area contributed by atoms with E-state index in [4.69, 9.17) is 4.74 Å². The highest BCUT2D eigenvalue weighted by molar-refractivity contribution is 5.94. The van der Waals surface area contributed by atoms with Gasteiger partial charge in [0.2, 0.25) is 5.91 Å². The first-order chi connectivity index (χ1) is 18.5. The third-order valence-electron chi connectivity index (χ3n) is 7.36. The van der Waals surface area contributed by atoms with Gasteiger partial charge in [-0.05, 0) is 92.8 Å². The minimum absolute atomic E-state index is 0.0101. The summed E-state index contributed by atoms with van der Waals surface area (Å²) in [6.45, 7) is 2.30. The lowest BCUT2D eigenvalue weighted by atomic mass is 9.81. The third kappa shape index (κ3) is 7.21. The standard InChI is InChI=1S/C28H32F3N3O5/c1-17-16-19(7-14-23(17)26(36)38-2)18-5-8-20(9-6-18)32-25(35)24-4-3-15-34(24)27(37)33-21-10-12-22(13-11-21)39-28(29,30)31/h7,10-14,16,18,20,24H,3-6,8-9,15H2,1-2H3,(H,32,35)(H,33,37)/t18?,20?,24-/m1/s1. The average molecular weight is 548 g/mol. The number of nitrogens with one attached hydrogen (secondary N) is 2. The van der Waals surface area contributed by atoms with Crippen molar-refractivity contribution in [3.63, 3.8) is 0 Å². The minimum atomic E-state index is -4.80. The lowest BCUT2D eigenvalue weighted by molar-refractivity contribution is -0.274. The Labute approximate surface area is 224 Å². The van der Waals surface area contributed by atoms with Gasteiger partial charge in [-0.25, -0.2) is 9.59 Å². The third-order valence-corrected chi connectivity index (χ3v) is 7.36. The summed E-state index contributed by atoms with van der Waals surface area (Å²) < 4.78 is 45.7. The summed E-state index contributed by atoms with van der Waals surface area (Å²) in [5, 5.41) is 5.76. The minimum Gasteiger partial charge on any atom is -0.465 e. The van der Waals surface area contributed by atoms with Crippen LogP contribution in [0.15, 0.2) is 42.5 Å². The zero-order chi connectivity index (χ0) is 28.2. The van der Waals surface area contributed by atoms with Crippen LogP contribution in [0.5, 0.6) is 5.75 Å². The highest BCUT2D eigenvalue weighted by atomic mass is 19.4. The lowest BCUT2D eigenvalue weighted by Gasteiger charge is -2.31. The molecule has 1 heterocycles. The highest BCUT2D eigenvalue weighted by Crippen LogP contribution is 2.34. The van der Waals surface area contributed by atoms with Gasteiger partial charge >= 0.3 is 18.4 Å². The van der Waals surface area contributed by atoms with Crippen LogP contribution < -0.4 is 15.4 Å². The highest BCUT2D eigenvalue weighted by Gasteiger charge is 2.36. The Hall–Kier alpha value is -3.76. The molecule has 1 aliphatic carbocycles. The number of anilines is 1. The number of halogens is 3. The van der Waals surface area contributed by atoms with Gasteiger partial charge in [-0.3, -0.25) is 4.79 Å². The molecule has 1 saturated heterocycles. The Morgan fingerprint density at radius 2 is 1.67 bits per heavy atom. The molecule has 2 aromatic carbocycles. The van der Waals surface area contributed by atoms with Crippen LogP contribution >= 0.6 is 0 Å². The van der Waals surface area contributed by atoms with Crippen molar-refractivity contribution < 1.29 is 37.0 Å². The van der Waals surface area contributed by atoms with Gasteiger partial charge in [-0.15, -0.1) is 13.2 Å². The molecule has 210 valence electrons. The number of methoxy groups -OCH3 is 1. The second kappa shape index (κ2) is 12.0. The van der Waals surface area contributed by atoms with E-state index in [9.17, 15) is 27.6 Å². The SMILES string of the molecule is COC(=O)c1ccc(C2CCC(NC(=O)[C@H]3CCCN3C(=O)Nc3ccc(OC(F)(F)F)cc3)CC2)cc1C. The normalized spacial score (nSPS) is 21.3. The molecule has 1 saturated carbocycles. The quantitative estimate of drug-likeness (QED) is 0.465. The number of ether oxygens (including phenoxy) is 2. The molecule has 2 N–H and O–H groups in total. The molecule has 39 heavy (non-hydrogen) atoms. The summed E-state index contributed by atoms with van der Waals surface area (Å²) in [7, 11) is 1.36. The van der Waals surface area contributed by atoms with Crippen molar-refractivity contribution in [2.75, 3.05) is 19.0 Å². The molecule has 0 spiro atoms. The van der Waals surface area contributed by atoms with Crippen LogP contribution in [0.1, 0.15) is 65.9 Å². The van der Waals surface area contributed by atoms with Gasteiger partial charge in [0.25, 0.3) is 0 Å². The molecule has 0 unspecified atom stereocenters. The van der Waals surface area contributed by atoms with Crippen molar-refractivity contribution in [1.29, 1.82) is 0 Å². The molecule has 0 aromatic heterocycles. The number of amides is 3. The maximum Gasteiger partial charge on any atom is 0.573 e. The number of carbonyl (C=O) groups is 3. The zero-order valence-corrected chi connectivity index (χ0v) is 21.8. The second-order valence-electron chi connectivity index (χ2n) is 9.98. The second-order valence-corrected chi connectivity index (χ2v) is 9.98. The Balaban J connectivity index is 1.28. The van der Waals surface area contributed by atoms with Gasteiger partial charge in [0, 0.05) is 18.3 Å². The maximum atomic E-state index is 13.1. The van der Waals surface area contributed by atoms with Crippen molar-refractivity contribution in [3.8, 4) is 5.75 Å². The van der Waals surface area contributed by atoms with Gasteiger partial charge in [0.05, 0.1) is 12.7 Å². The molecule has 1 atom stereocenters. The Kier molecular flexibility index (Phi) is 8.66. The first-order valence-electron chi connectivity index (χ1n) is 13.0. The molecular formula is C28H32F3N3O5. The number of rotatable bonds is 6. The lowest BCUT2D eigenvalue weighted by Crippen LogP contribution is -2.50. The number of benzene rings is 2. The number of nitrogens with zero attached hydrogens (tertiary/aromatic N) is 1. The maximum absolute atomic E-state index is 13.1. The van der Waals surface area contributed by atoms with Crippen LogP contribution in [0.2, 0.25) is 0 Å². The smallest absolute Gasteiger partial charge is 0.465 e. The van der Waals surface area contributed by atoms with Crippen molar-refractivity contribution >= 4 is 23.6 Å². The van der Waals surface area contributed by atoms with E-state index in [1.165, 1.54) is 29.7 Å². The van der Waals surface area contributed by atoms with Crippen LogP contribution in [0.3, 0.4) is 0 Å². The van der Waals surface area contributed by atoms with E-state index in [0.717, 1.165) is 43.4 Å². The summed E-state index contributed by atoms with van der Waals surface area (Å²) >= 11 is 0. The van der Waals surface area contributed by atoms with Crippen LogP contribution in [0, 0.1) is 6.92 Å². The molecule has 2 aromatic rings. The zero-order valence-electron chi connectivity index (χ0n) is 21.8. The Morgan fingerprint density at radius 1 is 0.974 bits per heavy atom. The molecule has 0 radical (unpaired) electrons. The number of hydrogen-bond donors (Lipinski definition) is 2. The average Bonchev–Trinajstić information content (AvgIpc) is 3.39. The van der Waals surface area contributed by atoms with Crippen molar-refractivity contribution in [2.24, 2.45) is 0 Å². The van der Waals surface area contributed by atoms with Crippen LogP contribution in [0.25, 0.3) is 0 Å². The van der Waals surface area contributed by atoms with Crippen LogP contribution in [-0.4, -0.2) is 54.9 Å². The molecule has 0 bridgehead atoms. The molecule has 11 heteroatoms. The summed E-state index contributed by atoms with van der Waals surface area (Å²) in [6, 6.07) is 9.57. The van der Waals surface area contributed by atoms with Crippen LogP contribution in [-0.2, 0) is 9.53 Å². The molecular weight excluding hydrogens is 515 g/mol. The van der Waals surface area contributed by atoms with Gasteiger partial charge in [0.15, 0.2) is 0 Å². The first-order valence-corrected chi connectivity index (χ1v) is 13.0.